The van der Waals surface area contributed by atoms with E-state index in [1.165, 1.54) is 55.2 Å². The van der Waals surface area contributed by atoms with E-state index in [0.29, 0.717) is 6.04 Å². The molecule has 0 aromatic heterocycles. The van der Waals surface area contributed by atoms with Gasteiger partial charge in [0.2, 0.25) is 0 Å². The molecule has 1 saturated carbocycles. The third-order valence-electron chi connectivity index (χ3n) is 6.02. The first-order valence-corrected chi connectivity index (χ1v) is 13.6. The lowest BCUT2D eigenvalue weighted by Crippen LogP contribution is -2.32. The highest BCUT2D eigenvalue weighted by atomic mass is 28.3. The van der Waals surface area contributed by atoms with Gasteiger partial charge in [-0.2, -0.15) is 0 Å². The van der Waals surface area contributed by atoms with Crippen LogP contribution in [0.4, 0.5) is 0 Å². The summed E-state index contributed by atoms with van der Waals surface area (Å²) in [5.41, 5.74) is 5.92. The summed E-state index contributed by atoms with van der Waals surface area (Å²) in [5.74, 6) is 0.900. The number of hydrogen-bond acceptors (Lipinski definition) is 1. The van der Waals surface area contributed by atoms with Gasteiger partial charge in [0, 0.05) is 0 Å². The van der Waals surface area contributed by atoms with E-state index in [0.717, 1.165) is 5.92 Å². The number of benzene rings is 1. The van der Waals surface area contributed by atoms with Gasteiger partial charge < -0.3 is 5.32 Å². The van der Waals surface area contributed by atoms with E-state index in [-0.39, 0.29) is 0 Å². The minimum atomic E-state index is -1.33. The highest BCUT2D eigenvalue weighted by molar-refractivity contribution is 6.84. The van der Waals surface area contributed by atoms with Crippen molar-refractivity contribution in [3.63, 3.8) is 0 Å². The van der Waals surface area contributed by atoms with Crippen molar-refractivity contribution >= 4 is 8.07 Å². The number of rotatable bonds is 4. The van der Waals surface area contributed by atoms with Gasteiger partial charge in [0.05, 0.1) is 14.1 Å². The molecular formula is C23H35NSi. The maximum absolute atomic E-state index is 3.74. The van der Waals surface area contributed by atoms with Crippen molar-refractivity contribution in [2.75, 3.05) is 0 Å². The first-order chi connectivity index (χ1) is 11.9. The molecule has 1 heterocycles. The number of hydrogen-bond donors (Lipinski definition) is 1. The third kappa shape index (κ3) is 4.28. The Morgan fingerprint density at radius 3 is 2.24 bits per heavy atom. The number of aryl methyl sites for hydroxylation is 2. The van der Waals surface area contributed by atoms with Crippen molar-refractivity contribution < 1.29 is 0 Å². The van der Waals surface area contributed by atoms with Crippen LogP contribution >= 0.6 is 0 Å². The van der Waals surface area contributed by atoms with E-state index in [2.05, 4.69) is 69.3 Å². The van der Waals surface area contributed by atoms with Crippen molar-refractivity contribution in [3.05, 3.63) is 57.9 Å². The highest BCUT2D eigenvalue weighted by Crippen LogP contribution is 2.38. The Labute approximate surface area is 155 Å². The monoisotopic (exact) mass is 353 g/mol. The standard InChI is InChI=1S/C23H35NSi/c1-17-10-9-11-18(2)23(17)21-15-20(14-19-12-7-6-8-13-19)22(16-24-21)25(3,4)5/h9-11,15-16,19,21,24H,6-8,12-14H2,1-5H3. The summed E-state index contributed by atoms with van der Waals surface area (Å²) in [4.78, 5) is 0. The second-order valence-corrected chi connectivity index (χ2v) is 14.2. The molecule has 1 aromatic rings. The smallest absolute Gasteiger partial charge is 0.0798 e. The van der Waals surface area contributed by atoms with Crippen LogP contribution in [0.25, 0.3) is 0 Å². The second kappa shape index (κ2) is 7.53. The Balaban J connectivity index is 1.91. The van der Waals surface area contributed by atoms with E-state index >= 15 is 0 Å². The quantitative estimate of drug-likeness (QED) is 0.601. The molecule has 25 heavy (non-hydrogen) atoms. The molecule has 136 valence electrons. The molecule has 0 radical (unpaired) electrons. The predicted octanol–water partition coefficient (Wildman–Crippen LogP) is 6.61. The topological polar surface area (TPSA) is 12.0 Å². The molecule has 2 heteroatoms. The second-order valence-electron chi connectivity index (χ2n) is 9.16. The van der Waals surface area contributed by atoms with Gasteiger partial charge in [-0.25, -0.2) is 0 Å². The molecule has 1 aromatic carbocycles. The van der Waals surface area contributed by atoms with Gasteiger partial charge in [-0.15, -0.1) is 0 Å². The Morgan fingerprint density at radius 1 is 1.00 bits per heavy atom. The predicted molar refractivity (Wildman–Crippen MR) is 112 cm³/mol. The van der Waals surface area contributed by atoms with Gasteiger partial charge >= 0.3 is 0 Å². The normalized spacial score (nSPS) is 22.2. The molecule has 1 fully saturated rings. The van der Waals surface area contributed by atoms with Gasteiger partial charge in [-0.3, -0.25) is 0 Å². The fourth-order valence-corrected chi connectivity index (χ4v) is 6.33. The van der Waals surface area contributed by atoms with E-state index in [9.17, 15) is 0 Å². The van der Waals surface area contributed by atoms with Crippen LogP contribution in [-0.4, -0.2) is 8.07 Å². The van der Waals surface area contributed by atoms with E-state index < -0.39 is 8.07 Å². The SMILES string of the molecule is Cc1cccc(C)c1C1C=C(CC2CCCCC2)C([Si](C)(C)C)=CN1. The molecule has 1 atom stereocenters. The lowest BCUT2D eigenvalue weighted by atomic mass is 9.83. The first-order valence-electron chi connectivity index (χ1n) is 10.1. The molecule has 1 aliphatic heterocycles. The molecule has 0 amide bonds. The first kappa shape index (κ1) is 18.5. The maximum atomic E-state index is 3.74. The largest absolute Gasteiger partial charge is 0.381 e. The van der Waals surface area contributed by atoms with Crippen LogP contribution in [0.1, 0.15) is 61.3 Å². The fraction of sp³-hybridized carbons (Fsp3) is 0.565. The molecule has 0 bridgehead atoms. The Hall–Kier alpha value is -1.28. The summed E-state index contributed by atoms with van der Waals surface area (Å²) < 4.78 is 0. The summed E-state index contributed by atoms with van der Waals surface area (Å²) in [6, 6.07) is 7.00. The van der Waals surface area contributed by atoms with Gasteiger partial charge in [0.25, 0.3) is 0 Å². The molecule has 0 saturated heterocycles. The van der Waals surface area contributed by atoms with Crippen LogP contribution in [0.3, 0.4) is 0 Å². The summed E-state index contributed by atoms with van der Waals surface area (Å²) in [5, 5.41) is 5.38. The van der Waals surface area contributed by atoms with Gasteiger partial charge in [0.1, 0.15) is 0 Å². The minimum absolute atomic E-state index is 0.333. The fourth-order valence-electron chi connectivity index (χ4n) is 4.67. The van der Waals surface area contributed by atoms with Gasteiger partial charge in [-0.1, -0.05) is 76.0 Å². The van der Waals surface area contributed by atoms with Crippen molar-refractivity contribution in [2.24, 2.45) is 5.92 Å². The molecule has 1 unspecified atom stereocenters. The zero-order chi connectivity index (χ0) is 18.0. The Kier molecular flexibility index (Phi) is 5.58. The van der Waals surface area contributed by atoms with Crippen LogP contribution in [0.15, 0.2) is 41.2 Å². The van der Waals surface area contributed by atoms with Crippen molar-refractivity contribution in [2.45, 2.75) is 78.1 Å². The van der Waals surface area contributed by atoms with Crippen LogP contribution in [0, 0.1) is 19.8 Å². The Bertz CT molecular complexity index is 652. The van der Waals surface area contributed by atoms with E-state index in [4.69, 9.17) is 0 Å². The molecule has 2 aliphatic rings. The summed E-state index contributed by atoms with van der Waals surface area (Å²) >= 11 is 0. The lowest BCUT2D eigenvalue weighted by molar-refractivity contribution is 0.356. The summed E-state index contributed by atoms with van der Waals surface area (Å²) in [6.45, 7) is 11.9. The van der Waals surface area contributed by atoms with E-state index in [1.807, 2.05) is 0 Å². The van der Waals surface area contributed by atoms with Crippen molar-refractivity contribution in [3.8, 4) is 0 Å². The third-order valence-corrected chi connectivity index (χ3v) is 8.10. The van der Waals surface area contributed by atoms with E-state index in [1.54, 1.807) is 10.8 Å². The number of allylic oxidation sites excluding steroid dienone is 2. The minimum Gasteiger partial charge on any atom is -0.381 e. The van der Waals surface area contributed by atoms with Crippen LogP contribution in [0.2, 0.25) is 19.6 Å². The summed E-state index contributed by atoms with van der Waals surface area (Å²) in [6.07, 6.45) is 13.4. The number of nitrogens with one attached hydrogen (secondary N) is 1. The molecule has 0 spiro atoms. The average molecular weight is 354 g/mol. The van der Waals surface area contributed by atoms with Crippen molar-refractivity contribution in [1.82, 2.24) is 5.32 Å². The number of dihydropyridines is 1. The lowest BCUT2D eigenvalue weighted by Gasteiger charge is -2.34. The Morgan fingerprint density at radius 2 is 1.64 bits per heavy atom. The van der Waals surface area contributed by atoms with Crippen molar-refractivity contribution in [1.29, 1.82) is 0 Å². The average Bonchev–Trinajstić information content (AvgIpc) is 2.55. The molecule has 3 rings (SSSR count). The van der Waals surface area contributed by atoms with Crippen LogP contribution in [-0.2, 0) is 0 Å². The zero-order valence-corrected chi connectivity index (χ0v) is 17.8. The molecule has 1 nitrogen and oxygen atoms in total. The zero-order valence-electron chi connectivity index (χ0n) is 16.8. The van der Waals surface area contributed by atoms with Gasteiger partial charge in [-0.05, 0) is 59.8 Å². The maximum Gasteiger partial charge on any atom is 0.0798 e. The molecule has 1 N–H and O–H groups in total. The molecular weight excluding hydrogens is 318 g/mol. The summed E-state index contributed by atoms with van der Waals surface area (Å²) in [7, 11) is -1.33. The highest BCUT2D eigenvalue weighted by Gasteiger charge is 2.29. The van der Waals surface area contributed by atoms with Gasteiger partial charge in [0.15, 0.2) is 0 Å². The van der Waals surface area contributed by atoms with Crippen LogP contribution < -0.4 is 5.32 Å². The van der Waals surface area contributed by atoms with Crippen LogP contribution in [0.5, 0.6) is 0 Å². The molecule has 1 aliphatic carbocycles.